The predicted octanol–water partition coefficient (Wildman–Crippen LogP) is 7.29. The number of nitrogens with zero attached hydrogens (tertiary/aromatic N) is 2. The molecule has 1 N–H and O–H groups in total. The summed E-state index contributed by atoms with van der Waals surface area (Å²) >= 11 is 0. The van der Waals surface area contributed by atoms with Crippen LogP contribution in [0.15, 0.2) is 75.5 Å². The number of anilines is 1. The number of pyridine rings is 1. The Labute approximate surface area is 194 Å². The van der Waals surface area contributed by atoms with E-state index in [2.05, 4.69) is 75.5 Å². The summed E-state index contributed by atoms with van der Waals surface area (Å²) in [4.78, 5) is 10.3. The van der Waals surface area contributed by atoms with E-state index in [-0.39, 0.29) is 6.97 Å². The van der Waals surface area contributed by atoms with Gasteiger partial charge >= 0.3 is 0 Å². The molecule has 2 aliphatic heterocycles. The summed E-state index contributed by atoms with van der Waals surface area (Å²) in [6.07, 6.45) is 18.8. The van der Waals surface area contributed by atoms with E-state index in [1.807, 2.05) is 0 Å². The Kier molecular flexibility index (Phi) is 5.53. The minimum Gasteiger partial charge on any atom is -0.365 e. The van der Waals surface area contributed by atoms with Crippen molar-refractivity contribution in [3.63, 3.8) is 0 Å². The highest BCUT2D eigenvalue weighted by Crippen LogP contribution is 2.37. The molecular weight excluding hydrogens is 390 g/mol. The third kappa shape index (κ3) is 4.30. The van der Waals surface area contributed by atoms with Gasteiger partial charge in [0.05, 0.1) is 5.71 Å². The van der Waals surface area contributed by atoms with Crippen LogP contribution in [-0.4, -0.2) is 16.2 Å². The van der Waals surface area contributed by atoms with Crippen molar-refractivity contribution in [3.05, 3.63) is 81.8 Å². The maximum absolute atomic E-state index is 5.30. The van der Waals surface area contributed by atoms with Crippen LogP contribution in [0.3, 0.4) is 0 Å². The van der Waals surface area contributed by atoms with Gasteiger partial charge < -0.3 is 5.32 Å². The number of nitrogens with one attached hydrogen (secondary N) is 1. The van der Waals surface area contributed by atoms with E-state index in [0.717, 1.165) is 56.5 Å². The van der Waals surface area contributed by atoms with Crippen LogP contribution in [0.1, 0.15) is 72.5 Å². The van der Waals surface area contributed by atoms with E-state index in [9.17, 15) is 0 Å². The number of allylic oxidation sites excluding steroid dienone is 10. The first-order chi connectivity index (χ1) is 15.4. The van der Waals surface area contributed by atoms with Gasteiger partial charge in [0.2, 0.25) is 0 Å². The zero-order chi connectivity index (χ0) is 22.3. The maximum atomic E-state index is 5.30. The number of aromatic nitrogens is 1. The molecule has 0 spiro atoms. The standard InChI is InChI=1S/C29H35N3.H2/c1-19-7-5-10-25-22(17-19)8-6-9-23-18-20(2)26(31-27(23)25)14-13-24-12-11-21-15-16-29(3,4)32-28(21)30-24;/h5-8,10-12,23H,9,13-18H2,1-4H3,(H,30,32);1H. The molecule has 0 bridgehead atoms. The quantitative estimate of drug-likeness (QED) is 0.550. The van der Waals surface area contributed by atoms with Gasteiger partial charge in [0.1, 0.15) is 5.82 Å². The lowest BCUT2D eigenvalue weighted by Gasteiger charge is -2.33. The number of aliphatic imine (C=N–C) groups is 1. The van der Waals surface area contributed by atoms with Crippen molar-refractivity contribution >= 4 is 11.5 Å². The lowest BCUT2D eigenvalue weighted by molar-refractivity contribution is 0.498. The molecule has 5 rings (SSSR count). The Hall–Kier alpha value is -2.68. The summed E-state index contributed by atoms with van der Waals surface area (Å²) in [5.41, 5.74) is 10.8. The molecule has 3 nitrogen and oxygen atoms in total. The summed E-state index contributed by atoms with van der Waals surface area (Å²) < 4.78 is 0. The molecule has 0 saturated carbocycles. The van der Waals surface area contributed by atoms with Crippen molar-refractivity contribution in [3.8, 4) is 0 Å². The molecule has 168 valence electrons. The van der Waals surface area contributed by atoms with Gasteiger partial charge in [0.25, 0.3) is 0 Å². The average Bonchev–Trinajstić information content (AvgIpc) is 3.02. The zero-order valence-electron chi connectivity index (χ0n) is 20.0. The average molecular weight is 428 g/mol. The third-order valence-electron chi connectivity index (χ3n) is 7.29. The van der Waals surface area contributed by atoms with Gasteiger partial charge in [-0.05, 0) is 95.4 Å². The molecule has 0 fully saturated rings. The second kappa shape index (κ2) is 8.35. The fourth-order valence-corrected chi connectivity index (χ4v) is 5.36. The van der Waals surface area contributed by atoms with E-state index < -0.39 is 0 Å². The Morgan fingerprint density at radius 3 is 2.91 bits per heavy atom. The molecule has 1 aromatic heterocycles. The minimum atomic E-state index is 0. The summed E-state index contributed by atoms with van der Waals surface area (Å²) in [6, 6.07) is 4.48. The van der Waals surface area contributed by atoms with Crippen molar-refractivity contribution in [1.82, 2.24) is 4.98 Å². The van der Waals surface area contributed by atoms with Gasteiger partial charge in [-0.3, -0.25) is 4.99 Å². The zero-order valence-corrected chi connectivity index (χ0v) is 20.0. The molecule has 0 aromatic carbocycles. The highest BCUT2D eigenvalue weighted by atomic mass is 15.1. The van der Waals surface area contributed by atoms with Crippen LogP contribution in [0.2, 0.25) is 0 Å². The van der Waals surface area contributed by atoms with E-state index in [0.29, 0.717) is 5.92 Å². The molecular formula is C29H37N3. The molecule has 3 heterocycles. The van der Waals surface area contributed by atoms with Crippen molar-refractivity contribution < 1.29 is 1.43 Å². The van der Waals surface area contributed by atoms with Gasteiger partial charge in [0.15, 0.2) is 0 Å². The Balaban J connectivity index is 0.00000259. The summed E-state index contributed by atoms with van der Waals surface area (Å²) in [6.45, 7) is 9.02. The van der Waals surface area contributed by atoms with Crippen LogP contribution >= 0.6 is 0 Å². The summed E-state index contributed by atoms with van der Waals surface area (Å²) in [7, 11) is 0. The predicted molar refractivity (Wildman–Crippen MR) is 137 cm³/mol. The molecule has 4 aliphatic rings. The van der Waals surface area contributed by atoms with E-state index in [1.54, 1.807) is 0 Å². The van der Waals surface area contributed by atoms with Crippen LogP contribution < -0.4 is 5.32 Å². The van der Waals surface area contributed by atoms with Crippen LogP contribution in [0.5, 0.6) is 0 Å². The largest absolute Gasteiger partial charge is 0.365 e. The fourth-order valence-electron chi connectivity index (χ4n) is 5.36. The second-order valence-corrected chi connectivity index (χ2v) is 10.6. The van der Waals surface area contributed by atoms with Crippen molar-refractivity contribution in [2.24, 2.45) is 10.9 Å². The number of hydrogen-bond acceptors (Lipinski definition) is 3. The first kappa shape index (κ1) is 21.2. The first-order valence-electron chi connectivity index (χ1n) is 12.2. The SMILES string of the molecule is CC1=CC=CC2=C(C=CCC3CC(C)=C(CCc4ccc5c(n4)NC(C)(C)CC5)N=C23)C1.[HH]. The molecule has 1 unspecified atom stereocenters. The van der Waals surface area contributed by atoms with E-state index in [4.69, 9.17) is 9.98 Å². The molecule has 3 heteroatoms. The number of rotatable bonds is 3. The van der Waals surface area contributed by atoms with Crippen molar-refractivity contribution in [1.29, 1.82) is 0 Å². The Bertz CT molecular complexity index is 1130. The number of hydrogen-bond donors (Lipinski definition) is 1. The van der Waals surface area contributed by atoms with E-state index in [1.165, 1.54) is 39.3 Å². The topological polar surface area (TPSA) is 37.3 Å². The maximum Gasteiger partial charge on any atom is 0.129 e. The number of fused-ring (bicyclic) bond motifs is 3. The molecule has 0 saturated heterocycles. The third-order valence-corrected chi connectivity index (χ3v) is 7.29. The molecule has 1 atom stereocenters. The molecule has 1 aromatic rings. The van der Waals surface area contributed by atoms with Gasteiger partial charge in [-0.2, -0.15) is 0 Å². The number of aryl methyl sites for hydroxylation is 2. The van der Waals surface area contributed by atoms with Gasteiger partial charge in [-0.15, -0.1) is 0 Å². The Morgan fingerprint density at radius 1 is 1.16 bits per heavy atom. The first-order valence-corrected chi connectivity index (χ1v) is 12.2. The summed E-state index contributed by atoms with van der Waals surface area (Å²) in [5.74, 6) is 1.58. The van der Waals surface area contributed by atoms with Crippen molar-refractivity contribution in [2.45, 2.75) is 78.2 Å². The minimum absolute atomic E-state index is 0. The normalized spacial score (nSPS) is 23.9. The monoisotopic (exact) mass is 427 g/mol. The van der Waals surface area contributed by atoms with Crippen LogP contribution in [0, 0.1) is 5.92 Å². The Morgan fingerprint density at radius 2 is 2.03 bits per heavy atom. The highest BCUT2D eigenvalue weighted by molar-refractivity contribution is 6.07. The van der Waals surface area contributed by atoms with Gasteiger partial charge in [0, 0.05) is 24.3 Å². The van der Waals surface area contributed by atoms with Crippen LogP contribution in [0.4, 0.5) is 5.82 Å². The second-order valence-electron chi connectivity index (χ2n) is 10.6. The fraction of sp³-hybridized carbons (Fsp3) is 0.448. The lowest BCUT2D eigenvalue weighted by atomic mass is 9.84. The van der Waals surface area contributed by atoms with E-state index >= 15 is 0 Å². The summed E-state index contributed by atoms with van der Waals surface area (Å²) in [5, 5.41) is 3.63. The lowest BCUT2D eigenvalue weighted by Crippen LogP contribution is -2.35. The van der Waals surface area contributed by atoms with Gasteiger partial charge in [-0.1, -0.05) is 47.6 Å². The highest BCUT2D eigenvalue weighted by Gasteiger charge is 2.28. The smallest absolute Gasteiger partial charge is 0.129 e. The van der Waals surface area contributed by atoms with Crippen LogP contribution in [-0.2, 0) is 12.8 Å². The van der Waals surface area contributed by atoms with Gasteiger partial charge in [-0.25, -0.2) is 4.98 Å². The molecule has 0 radical (unpaired) electrons. The van der Waals surface area contributed by atoms with Crippen molar-refractivity contribution in [2.75, 3.05) is 5.32 Å². The van der Waals surface area contributed by atoms with Crippen LogP contribution in [0.25, 0.3) is 0 Å². The molecule has 0 amide bonds. The molecule has 2 aliphatic carbocycles. The molecule has 32 heavy (non-hydrogen) atoms.